The zero-order chi connectivity index (χ0) is 19.1. The molecule has 0 saturated carbocycles. The number of nitrogens with two attached hydrogens (primary N) is 1. The summed E-state index contributed by atoms with van der Waals surface area (Å²) >= 11 is 0. The molecule has 0 aliphatic carbocycles. The smallest absolute Gasteiger partial charge is 0.406 e. The van der Waals surface area contributed by atoms with Gasteiger partial charge in [-0.3, -0.25) is 4.79 Å². The van der Waals surface area contributed by atoms with Crippen molar-refractivity contribution in [1.29, 1.82) is 0 Å². The molecule has 1 aromatic heterocycles. The molecule has 0 atom stereocenters. The molecular weight excluding hydrogens is 337 g/mol. The second kappa shape index (κ2) is 8.43. The maximum absolute atomic E-state index is 12.1. The van der Waals surface area contributed by atoms with E-state index in [9.17, 15) is 18.0 Å². The van der Waals surface area contributed by atoms with Crippen LogP contribution >= 0.6 is 0 Å². The van der Waals surface area contributed by atoms with E-state index >= 15 is 0 Å². The number of ether oxygens (including phenoxy) is 1. The Labute approximate surface area is 143 Å². The summed E-state index contributed by atoms with van der Waals surface area (Å²) in [6, 6.07) is 6.34. The molecule has 9 heteroatoms. The van der Waals surface area contributed by atoms with Gasteiger partial charge in [-0.2, -0.15) is 0 Å². The van der Waals surface area contributed by atoms with Crippen LogP contribution in [0.2, 0.25) is 0 Å². The monoisotopic (exact) mass is 356 g/mol. The van der Waals surface area contributed by atoms with Crippen molar-refractivity contribution in [3.05, 3.63) is 48.5 Å². The van der Waals surface area contributed by atoms with Crippen molar-refractivity contribution in [3.8, 4) is 5.75 Å². The lowest BCUT2D eigenvalue weighted by molar-refractivity contribution is -0.274. The zero-order valence-corrected chi connectivity index (χ0v) is 14.0. The highest BCUT2D eigenvalue weighted by molar-refractivity contribution is 6.02. The third-order valence-electron chi connectivity index (χ3n) is 2.14. The lowest BCUT2D eigenvalue weighted by atomic mass is 10.1. The Morgan fingerprint density at radius 1 is 1.20 bits per heavy atom. The SMILES string of the molecule is CC(C)(C)N.O=C(Nc1cccc(OC(F)(F)F)c1)c1ccncn1. The Balaban J connectivity index is 0.000000550. The quantitative estimate of drug-likeness (QED) is 0.880. The van der Waals surface area contributed by atoms with E-state index in [0.717, 1.165) is 12.1 Å². The molecule has 1 heterocycles. The lowest BCUT2D eigenvalue weighted by Gasteiger charge is -2.10. The highest BCUT2D eigenvalue weighted by Crippen LogP contribution is 2.25. The van der Waals surface area contributed by atoms with E-state index in [1.807, 2.05) is 20.8 Å². The summed E-state index contributed by atoms with van der Waals surface area (Å²) in [5.41, 5.74) is 5.62. The molecule has 0 unspecified atom stereocenters. The molecule has 136 valence electrons. The van der Waals surface area contributed by atoms with Crippen molar-refractivity contribution < 1.29 is 22.7 Å². The van der Waals surface area contributed by atoms with Gasteiger partial charge in [0.2, 0.25) is 0 Å². The van der Waals surface area contributed by atoms with Gasteiger partial charge in [0.05, 0.1) is 0 Å². The minimum absolute atomic E-state index is 0. The van der Waals surface area contributed by atoms with Crippen LogP contribution in [0.15, 0.2) is 42.9 Å². The largest absolute Gasteiger partial charge is 0.573 e. The van der Waals surface area contributed by atoms with Crippen LogP contribution in [0, 0.1) is 0 Å². The van der Waals surface area contributed by atoms with Crippen LogP contribution in [0.25, 0.3) is 0 Å². The molecule has 0 radical (unpaired) electrons. The fraction of sp³-hybridized carbons (Fsp3) is 0.312. The van der Waals surface area contributed by atoms with Crippen molar-refractivity contribution in [1.82, 2.24) is 9.97 Å². The van der Waals surface area contributed by atoms with Gasteiger partial charge in [-0.1, -0.05) is 6.07 Å². The Morgan fingerprint density at radius 2 is 1.84 bits per heavy atom. The summed E-state index contributed by atoms with van der Waals surface area (Å²) in [6.45, 7) is 5.90. The highest BCUT2D eigenvalue weighted by Gasteiger charge is 2.31. The summed E-state index contributed by atoms with van der Waals surface area (Å²) < 4.78 is 40.0. The number of hydrogen-bond donors (Lipinski definition) is 2. The lowest BCUT2D eigenvalue weighted by Crippen LogP contribution is -2.26. The van der Waals surface area contributed by atoms with E-state index in [1.165, 1.54) is 30.7 Å². The van der Waals surface area contributed by atoms with Gasteiger partial charge in [0, 0.05) is 23.5 Å². The number of amides is 1. The normalized spacial score (nSPS) is 11.2. The molecular formula is C16H19F3N4O2. The maximum Gasteiger partial charge on any atom is 0.573 e. The minimum Gasteiger partial charge on any atom is -0.406 e. The Bertz CT molecular complexity index is 680. The van der Waals surface area contributed by atoms with E-state index < -0.39 is 18.0 Å². The molecule has 25 heavy (non-hydrogen) atoms. The van der Waals surface area contributed by atoms with Crippen LogP contribution in [0.5, 0.6) is 5.75 Å². The first kappa shape index (κ1) is 20.4. The number of alkyl halides is 3. The number of halogens is 3. The number of hydrogen-bond acceptors (Lipinski definition) is 5. The maximum atomic E-state index is 12.1. The first-order valence-corrected chi connectivity index (χ1v) is 7.16. The standard InChI is InChI=1S/C12H8F3N3O2.C4H11N/c13-12(14,15)20-9-3-1-2-8(6-9)18-11(19)10-4-5-16-7-17-10;1-4(2,3)5/h1-7H,(H,18,19);5H2,1-3H3. The average Bonchev–Trinajstić information content (AvgIpc) is 2.45. The van der Waals surface area contributed by atoms with Crippen molar-refractivity contribution in [3.63, 3.8) is 0 Å². The number of rotatable bonds is 3. The van der Waals surface area contributed by atoms with E-state index in [1.54, 1.807) is 0 Å². The van der Waals surface area contributed by atoms with E-state index in [2.05, 4.69) is 20.0 Å². The minimum atomic E-state index is -4.78. The summed E-state index contributed by atoms with van der Waals surface area (Å²) in [6.07, 6.45) is -2.21. The third kappa shape index (κ3) is 9.92. The molecule has 0 aliphatic rings. The van der Waals surface area contributed by atoms with Gasteiger partial charge in [0.1, 0.15) is 17.8 Å². The van der Waals surface area contributed by atoms with E-state index in [4.69, 9.17) is 5.73 Å². The Hall–Kier alpha value is -2.68. The van der Waals surface area contributed by atoms with Crippen LogP contribution in [0.4, 0.5) is 18.9 Å². The number of nitrogens with one attached hydrogen (secondary N) is 1. The first-order chi connectivity index (χ1) is 11.4. The third-order valence-corrected chi connectivity index (χ3v) is 2.14. The van der Waals surface area contributed by atoms with Crippen LogP contribution in [-0.4, -0.2) is 27.8 Å². The van der Waals surface area contributed by atoms with Crippen molar-refractivity contribution in [2.24, 2.45) is 5.73 Å². The van der Waals surface area contributed by atoms with Crippen molar-refractivity contribution in [2.75, 3.05) is 5.32 Å². The average molecular weight is 356 g/mol. The van der Waals surface area contributed by atoms with Crippen molar-refractivity contribution >= 4 is 11.6 Å². The van der Waals surface area contributed by atoms with E-state index in [-0.39, 0.29) is 16.9 Å². The predicted octanol–water partition coefficient (Wildman–Crippen LogP) is 3.37. The molecule has 0 aliphatic heterocycles. The Kier molecular flexibility index (Phi) is 6.86. The molecule has 0 fully saturated rings. The summed E-state index contributed by atoms with van der Waals surface area (Å²) in [5.74, 6) is -0.977. The Morgan fingerprint density at radius 3 is 2.36 bits per heavy atom. The molecule has 0 spiro atoms. The van der Waals surface area contributed by atoms with Gasteiger partial charge in [0.15, 0.2) is 0 Å². The predicted molar refractivity (Wildman–Crippen MR) is 87.1 cm³/mol. The van der Waals surface area contributed by atoms with E-state index in [0.29, 0.717) is 0 Å². The fourth-order valence-corrected chi connectivity index (χ4v) is 1.39. The topological polar surface area (TPSA) is 90.1 Å². The van der Waals surface area contributed by atoms with Gasteiger partial charge in [-0.25, -0.2) is 9.97 Å². The number of carbonyl (C=O) groups is 1. The fourth-order valence-electron chi connectivity index (χ4n) is 1.39. The highest BCUT2D eigenvalue weighted by atomic mass is 19.4. The van der Waals surface area contributed by atoms with Gasteiger partial charge < -0.3 is 15.8 Å². The molecule has 3 N–H and O–H groups in total. The molecule has 2 rings (SSSR count). The second-order valence-corrected chi connectivity index (χ2v) is 5.99. The number of nitrogens with zero attached hydrogens (tertiary/aromatic N) is 2. The van der Waals surface area contributed by atoms with Gasteiger partial charge in [-0.15, -0.1) is 13.2 Å². The van der Waals surface area contributed by atoms with Crippen LogP contribution in [-0.2, 0) is 0 Å². The summed E-state index contributed by atoms with van der Waals surface area (Å²) in [5, 5.41) is 2.41. The molecule has 0 saturated heterocycles. The van der Waals surface area contributed by atoms with Gasteiger partial charge >= 0.3 is 6.36 Å². The van der Waals surface area contributed by atoms with Gasteiger partial charge in [-0.05, 0) is 39.0 Å². The molecule has 6 nitrogen and oxygen atoms in total. The molecule has 2 aromatic rings. The number of carbonyl (C=O) groups excluding carboxylic acids is 1. The molecule has 1 amide bonds. The van der Waals surface area contributed by atoms with Gasteiger partial charge in [0.25, 0.3) is 5.91 Å². The number of benzene rings is 1. The van der Waals surface area contributed by atoms with Crippen LogP contribution < -0.4 is 15.8 Å². The van der Waals surface area contributed by atoms with Crippen LogP contribution in [0.1, 0.15) is 31.3 Å². The number of anilines is 1. The first-order valence-electron chi connectivity index (χ1n) is 7.16. The summed E-state index contributed by atoms with van der Waals surface area (Å²) in [7, 11) is 0. The zero-order valence-electron chi connectivity index (χ0n) is 14.0. The summed E-state index contributed by atoms with van der Waals surface area (Å²) in [4.78, 5) is 19.1. The van der Waals surface area contributed by atoms with Crippen molar-refractivity contribution in [2.45, 2.75) is 32.7 Å². The molecule has 0 bridgehead atoms. The van der Waals surface area contributed by atoms with Crippen LogP contribution in [0.3, 0.4) is 0 Å². The molecule has 1 aromatic carbocycles. The second-order valence-electron chi connectivity index (χ2n) is 5.99. The number of aromatic nitrogens is 2.